The highest BCUT2D eigenvalue weighted by Crippen LogP contribution is 2.62. The number of rotatable bonds is 0. The lowest BCUT2D eigenvalue weighted by Crippen LogP contribution is -2.37. The highest BCUT2D eigenvalue weighted by molar-refractivity contribution is 5.11. The number of nitrogens with two attached hydrogens (primary N) is 1. The predicted molar refractivity (Wildman–Crippen MR) is 42.7 cm³/mol. The summed E-state index contributed by atoms with van der Waals surface area (Å²) in [6.45, 7) is 4.62. The summed E-state index contributed by atoms with van der Waals surface area (Å²) >= 11 is 0. The Bertz CT molecular complexity index is 150. The predicted octanol–water partition coefficient (Wildman–Crippen LogP) is 1.91. The summed E-state index contributed by atoms with van der Waals surface area (Å²) in [7, 11) is 0. The van der Waals surface area contributed by atoms with E-state index in [1.54, 1.807) is 0 Å². The molecule has 0 aromatic heterocycles. The Morgan fingerprint density at radius 1 is 1.10 bits per heavy atom. The SMILES string of the molecule is CC1(C)CCC2(CC2)[C@H]1N. The molecule has 0 bridgehead atoms. The first-order valence-electron chi connectivity index (χ1n) is 4.32. The maximum absolute atomic E-state index is 6.15. The van der Waals surface area contributed by atoms with Crippen molar-refractivity contribution in [2.24, 2.45) is 16.6 Å². The zero-order valence-electron chi connectivity index (χ0n) is 6.98. The molecule has 0 heterocycles. The fraction of sp³-hybridized carbons (Fsp3) is 1.00. The minimum atomic E-state index is 0.427. The van der Waals surface area contributed by atoms with Crippen molar-refractivity contribution in [3.8, 4) is 0 Å². The van der Waals surface area contributed by atoms with Crippen molar-refractivity contribution in [1.82, 2.24) is 0 Å². The van der Waals surface area contributed by atoms with Gasteiger partial charge >= 0.3 is 0 Å². The van der Waals surface area contributed by atoms with Crippen molar-refractivity contribution < 1.29 is 0 Å². The molecule has 0 amide bonds. The van der Waals surface area contributed by atoms with E-state index in [1.807, 2.05) is 0 Å². The van der Waals surface area contributed by atoms with Gasteiger partial charge in [0, 0.05) is 6.04 Å². The van der Waals surface area contributed by atoms with Gasteiger partial charge in [-0.1, -0.05) is 13.8 Å². The summed E-state index contributed by atoms with van der Waals surface area (Å²) in [5, 5.41) is 0. The second-order valence-electron chi connectivity index (χ2n) is 4.83. The molecule has 2 saturated carbocycles. The Morgan fingerprint density at radius 2 is 1.60 bits per heavy atom. The van der Waals surface area contributed by atoms with E-state index in [2.05, 4.69) is 13.8 Å². The van der Waals surface area contributed by atoms with Crippen molar-refractivity contribution in [3.05, 3.63) is 0 Å². The van der Waals surface area contributed by atoms with E-state index in [9.17, 15) is 0 Å². The van der Waals surface area contributed by atoms with E-state index in [0.29, 0.717) is 16.9 Å². The lowest BCUT2D eigenvalue weighted by atomic mass is 9.84. The van der Waals surface area contributed by atoms with E-state index in [1.165, 1.54) is 25.7 Å². The van der Waals surface area contributed by atoms with Crippen LogP contribution in [0.5, 0.6) is 0 Å². The van der Waals surface area contributed by atoms with Crippen LogP contribution in [0.2, 0.25) is 0 Å². The van der Waals surface area contributed by atoms with Gasteiger partial charge in [-0.15, -0.1) is 0 Å². The second kappa shape index (κ2) is 1.58. The highest BCUT2D eigenvalue weighted by atomic mass is 14.8. The molecule has 0 aromatic rings. The molecule has 1 atom stereocenters. The molecule has 0 aromatic carbocycles. The van der Waals surface area contributed by atoms with Crippen LogP contribution >= 0.6 is 0 Å². The average Bonchev–Trinajstić information content (AvgIpc) is 2.59. The van der Waals surface area contributed by atoms with Crippen LogP contribution in [0.4, 0.5) is 0 Å². The molecule has 0 saturated heterocycles. The smallest absolute Gasteiger partial charge is 0.0147 e. The fourth-order valence-corrected chi connectivity index (χ4v) is 2.43. The summed E-state index contributed by atoms with van der Waals surface area (Å²) < 4.78 is 0. The third-order valence-electron chi connectivity index (χ3n) is 3.66. The van der Waals surface area contributed by atoms with Crippen LogP contribution < -0.4 is 5.73 Å². The first kappa shape index (κ1) is 6.66. The topological polar surface area (TPSA) is 26.0 Å². The molecule has 2 aliphatic carbocycles. The Morgan fingerprint density at radius 3 is 1.80 bits per heavy atom. The van der Waals surface area contributed by atoms with Crippen molar-refractivity contribution in [2.45, 2.75) is 45.6 Å². The minimum Gasteiger partial charge on any atom is -0.327 e. The molecular formula is C9H17N. The van der Waals surface area contributed by atoms with Gasteiger partial charge in [-0.3, -0.25) is 0 Å². The van der Waals surface area contributed by atoms with E-state index in [-0.39, 0.29) is 0 Å². The molecule has 2 N–H and O–H groups in total. The Kier molecular flexibility index (Phi) is 1.05. The van der Waals surface area contributed by atoms with Crippen molar-refractivity contribution in [2.75, 3.05) is 0 Å². The molecule has 58 valence electrons. The van der Waals surface area contributed by atoms with Gasteiger partial charge in [0.25, 0.3) is 0 Å². The van der Waals surface area contributed by atoms with E-state index >= 15 is 0 Å². The van der Waals surface area contributed by atoms with Crippen LogP contribution in [-0.2, 0) is 0 Å². The summed E-state index contributed by atoms with van der Waals surface area (Å²) in [4.78, 5) is 0. The number of hydrogen-bond donors (Lipinski definition) is 1. The third kappa shape index (κ3) is 0.672. The van der Waals surface area contributed by atoms with Crippen LogP contribution in [0.1, 0.15) is 39.5 Å². The molecule has 0 radical (unpaired) electrons. The lowest BCUT2D eigenvalue weighted by molar-refractivity contribution is 0.291. The van der Waals surface area contributed by atoms with Crippen LogP contribution in [0.15, 0.2) is 0 Å². The van der Waals surface area contributed by atoms with Crippen molar-refractivity contribution in [1.29, 1.82) is 0 Å². The zero-order chi connectivity index (χ0) is 7.41. The van der Waals surface area contributed by atoms with Gasteiger partial charge in [-0.2, -0.15) is 0 Å². The minimum absolute atomic E-state index is 0.427. The summed E-state index contributed by atoms with van der Waals surface area (Å²) in [6, 6.07) is 0.486. The molecular weight excluding hydrogens is 122 g/mol. The second-order valence-corrected chi connectivity index (χ2v) is 4.83. The van der Waals surface area contributed by atoms with Gasteiger partial charge < -0.3 is 5.73 Å². The highest BCUT2D eigenvalue weighted by Gasteiger charge is 2.57. The van der Waals surface area contributed by atoms with Gasteiger partial charge in [-0.25, -0.2) is 0 Å². The van der Waals surface area contributed by atoms with Crippen LogP contribution in [0.25, 0.3) is 0 Å². The number of hydrogen-bond acceptors (Lipinski definition) is 1. The Hall–Kier alpha value is -0.0400. The van der Waals surface area contributed by atoms with Gasteiger partial charge in [0.1, 0.15) is 0 Å². The van der Waals surface area contributed by atoms with Gasteiger partial charge in [0.2, 0.25) is 0 Å². The molecule has 2 aliphatic rings. The van der Waals surface area contributed by atoms with E-state index in [4.69, 9.17) is 5.73 Å². The normalized spacial score (nSPS) is 40.5. The van der Waals surface area contributed by atoms with E-state index in [0.717, 1.165) is 0 Å². The van der Waals surface area contributed by atoms with Gasteiger partial charge in [-0.05, 0) is 36.5 Å². The zero-order valence-corrected chi connectivity index (χ0v) is 6.98. The maximum atomic E-state index is 6.15. The molecule has 0 unspecified atom stereocenters. The van der Waals surface area contributed by atoms with Crippen LogP contribution in [0, 0.1) is 10.8 Å². The average molecular weight is 139 g/mol. The molecule has 2 rings (SSSR count). The molecule has 0 aliphatic heterocycles. The lowest BCUT2D eigenvalue weighted by Gasteiger charge is -2.26. The first-order valence-corrected chi connectivity index (χ1v) is 4.32. The van der Waals surface area contributed by atoms with Crippen LogP contribution in [-0.4, -0.2) is 6.04 Å². The van der Waals surface area contributed by atoms with E-state index < -0.39 is 0 Å². The van der Waals surface area contributed by atoms with Crippen molar-refractivity contribution in [3.63, 3.8) is 0 Å². The summed E-state index contributed by atoms with van der Waals surface area (Å²) in [5.74, 6) is 0. The maximum Gasteiger partial charge on any atom is 0.0147 e. The van der Waals surface area contributed by atoms with Crippen molar-refractivity contribution >= 4 is 0 Å². The Balaban J connectivity index is 2.20. The molecule has 10 heavy (non-hydrogen) atoms. The molecule has 1 heteroatoms. The molecule has 1 nitrogen and oxygen atoms in total. The Labute approximate surface area is 63.0 Å². The molecule has 2 fully saturated rings. The summed E-state index contributed by atoms with van der Waals surface area (Å²) in [6.07, 6.45) is 5.53. The quantitative estimate of drug-likeness (QED) is 0.545. The van der Waals surface area contributed by atoms with Crippen LogP contribution in [0.3, 0.4) is 0 Å². The first-order chi connectivity index (χ1) is 4.57. The third-order valence-corrected chi connectivity index (χ3v) is 3.66. The van der Waals surface area contributed by atoms with Gasteiger partial charge in [0.05, 0.1) is 0 Å². The largest absolute Gasteiger partial charge is 0.327 e. The van der Waals surface area contributed by atoms with Gasteiger partial charge in [0.15, 0.2) is 0 Å². The monoisotopic (exact) mass is 139 g/mol. The molecule has 1 spiro atoms. The summed E-state index contributed by atoms with van der Waals surface area (Å²) in [5.41, 5.74) is 7.19. The fourth-order valence-electron chi connectivity index (χ4n) is 2.43. The standard InChI is InChI=1S/C9H17N/c1-8(2)3-4-9(5-6-9)7(8)10/h7H,3-6,10H2,1-2H3/t7-/m0/s1.